The molecule has 1 aromatic rings. The van der Waals surface area contributed by atoms with Gasteiger partial charge in [-0.1, -0.05) is 19.1 Å². The van der Waals surface area contributed by atoms with Crippen LogP contribution in [0.15, 0.2) is 24.3 Å². The zero-order valence-corrected chi connectivity index (χ0v) is 9.44. The maximum absolute atomic E-state index is 6.05. The van der Waals surface area contributed by atoms with Crippen molar-refractivity contribution in [1.82, 2.24) is 0 Å². The van der Waals surface area contributed by atoms with E-state index < -0.39 is 0 Å². The van der Waals surface area contributed by atoms with Crippen molar-refractivity contribution in [3.63, 3.8) is 0 Å². The topological polar surface area (TPSA) is 61.3 Å². The molecule has 3 nitrogen and oxygen atoms in total. The minimum absolute atomic E-state index is 0.00526. The highest BCUT2D eigenvalue weighted by Gasteiger charge is 2.12. The second-order valence-electron chi connectivity index (χ2n) is 3.74. The molecule has 2 atom stereocenters. The maximum Gasteiger partial charge on any atom is 0.119 e. The van der Waals surface area contributed by atoms with E-state index in [-0.39, 0.29) is 6.04 Å². The molecular weight excluding hydrogens is 188 g/mol. The van der Waals surface area contributed by atoms with Crippen molar-refractivity contribution in [3.05, 3.63) is 29.8 Å². The highest BCUT2D eigenvalue weighted by molar-refractivity contribution is 5.29. The Morgan fingerprint density at radius 1 is 1.27 bits per heavy atom. The van der Waals surface area contributed by atoms with Crippen LogP contribution >= 0.6 is 0 Å². The first-order valence-corrected chi connectivity index (χ1v) is 5.37. The molecule has 1 rings (SSSR count). The van der Waals surface area contributed by atoms with E-state index in [0.717, 1.165) is 11.3 Å². The van der Waals surface area contributed by atoms with Gasteiger partial charge in [0, 0.05) is 6.04 Å². The molecule has 2 unspecified atom stereocenters. The fourth-order valence-electron chi connectivity index (χ4n) is 1.43. The monoisotopic (exact) mass is 208 g/mol. The number of rotatable bonds is 5. The van der Waals surface area contributed by atoms with Gasteiger partial charge in [-0.3, -0.25) is 0 Å². The minimum atomic E-state index is 0.00526. The minimum Gasteiger partial charge on any atom is -0.494 e. The molecule has 0 aliphatic carbocycles. The van der Waals surface area contributed by atoms with E-state index in [0.29, 0.717) is 19.1 Å². The zero-order valence-electron chi connectivity index (χ0n) is 9.44. The lowest BCUT2D eigenvalue weighted by molar-refractivity contribution is 0.340. The van der Waals surface area contributed by atoms with Gasteiger partial charge in [0.1, 0.15) is 5.75 Å². The molecule has 4 N–H and O–H groups in total. The van der Waals surface area contributed by atoms with Gasteiger partial charge in [-0.15, -0.1) is 0 Å². The molecule has 0 heterocycles. The molecule has 15 heavy (non-hydrogen) atoms. The average Bonchev–Trinajstić information content (AvgIpc) is 2.28. The molecule has 0 aliphatic heterocycles. The molecule has 0 saturated carbocycles. The molecule has 3 heteroatoms. The lowest BCUT2D eigenvalue weighted by Gasteiger charge is -2.18. The molecule has 0 spiro atoms. The standard InChI is InChI=1S/C12H20N2O/c1-3-15-11-6-4-10(5-7-11)12(14)9(2)8-13/h4-7,9,12H,3,8,13-14H2,1-2H3. The van der Waals surface area contributed by atoms with Gasteiger partial charge in [0.25, 0.3) is 0 Å². The SMILES string of the molecule is CCOc1ccc(C(N)C(C)CN)cc1. The molecule has 0 fully saturated rings. The second kappa shape index (κ2) is 5.73. The second-order valence-corrected chi connectivity index (χ2v) is 3.74. The van der Waals surface area contributed by atoms with E-state index in [1.54, 1.807) is 0 Å². The highest BCUT2D eigenvalue weighted by atomic mass is 16.5. The van der Waals surface area contributed by atoms with Crippen molar-refractivity contribution in [2.45, 2.75) is 19.9 Å². The Kier molecular flexibility index (Phi) is 4.59. The fraction of sp³-hybridized carbons (Fsp3) is 0.500. The Morgan fingerprint density at radius 3 is 2.33 bits per heavy atom. The van der Waals surface area contributed by atoms with Gasteiger partial charge in [0.15, 0.2) is 0 Å². The van der Waals surface area contributed by atoms with Crippen LogP contribution in [-0.4, -0.2) is 13.2 Å². The molecule has 84 valence electrons. The van der Waals surface area contributed by atoms with E-state index in [4.69, 9.17) is 16.2 Å². The van der Waals surface area contributed by atoms with Crippen LogP contribution in [0.5, 0.6) is 5.75 Å². The lowest BCUT2D eigenvalue weighted by Crippen LogP contribution is -2.25. The molecular formula is C12H20N2O. The molecule has 0 amide bonds. The largest absolute Gasteiger partial charge is 0.494 e. The van der Waals surface area contributed by atoms with Gasteiger partial charge in [0.2, 0.25) is 0 Å². The Morgan fingerprint density at radius 2 is 1.87 bits per heavy atom. The number of hydrogen-bond acceptors (Lipinski definition) is 3. The summed E-state index contributed by atoms with van der Waals surface area (Å²) >= 11 is 0. The van der Waals surface area contributed by atoms with Gasteiger partial charge < -0.3 is 16.2 Å². The third kappa shape index (κ3) is 3.22. The Bertz CT molecular complexity index is 284. The van der Waals surface area contributed by atoms with Crippen LogP contribution in [0.4, 0.5) is 0 Å². The number of hydrogen-bond donors (Lipinski definition) is 2. The van der Waals surface area contributed by atoms with Gasteiger partial charge in [0.05, 0.1) is 6.61 Å². The number of benzene rings is 1. The van der Waals surface area contributed by atoms with Gasteiger partial charge >= 0.3 is 0 Å². The quantitative estimate of drug-likeness (QED) is 0.774. The number of nitrogens with two attached hydrogens (primary N) is 2. The van der Waals surface area contributed by atoms with Crippen molar-refractivity contribution in [1.29, 1.82) is 0 Å². The summed E-state index contributed by atoms with van der Waals surface area (Å²) in [5.41, 5.74) is 12.7. The first-order chi connectivity index (χ1) is 7.19. The molecule has 0 saturated heterocycles. The third-order valence-corrected chi connectivity index (χ3v) is 2.56. The van der Waals surface area contributed by atoms with Crippen LogP contribution in [-0.2, 0) is 0 Å². The fourth-order valence-corrected chi connectivity index (χ4v) is 1.43. The zero-order chi connectivity index (χ0) is 11.3. The van der Waals surface area contributed by atoms with Crippen molar-refractivity contribution in [2.75, 3.05) is 13.2 Å². The van der Waals surface area contributed by atoms with Crippen LogP contribution < -0.4 is 16.2 Å². The first kappa shape index (κ1) is 12.0. The summed E-state index contributed by atoms with van der Waals surface area (Å²) in [6.45, 7) is 5.32. The molecule has 0 bridgehead atoms. The Hall–Kier alpha value is -1.06. The number of ether oxygens (including phenoxy) is 1. The predicted molar refractivity (Wildman–Crippen MR) is 62.8 cm³/mol. The Labute approximate surface area is 91.4 Å². The molecule has 1 aromatic carbocycles. The molecule has 0 aliphatic rings. The summed E-state index contributed by atoms with van der Waals surface area (Å²) in [5, 5.41) is 0. The van der Waals surface area contributed by atoms with E-state index in [2.05, 4.69) is 6.92 Å². The van der Waals surface area contributed by atoms with Crippen molar-refractivity contribution >= 4 is 0 Å². The van der Waals surface area contributed by atoms with Crippen LogP contribution in [0.3, 0.4) is 0 Å². The maximum atomic E-state index is 6.05. The highest BCUT2D eigenvalue weighted by Crippen LogP contribution is 2.21. The van der Waals surface area contributed by atoms with E-state index in [1.807, 2.05) is 31.2 Å². The predicted octanol–water partition coefficient (Wildman–Crippen LogP) is 1.68. The smallest absolute Gasteiger partial charge is 0.119 e. The Balaban J connectivity index is 2.70. The summed E-state index contributed by atoms with van der Waals surface area (Å²) in [7, 11) is 0. The van der Waals surface area contributed by atoms with E-state index in [9.17, 15) is 0 Å². The van der Waals surface area contributed by atoms with Crippen molar-refractivity contribution in [2.24, 2.45) is 17.4 Å². The van der Waals surface area contributed by atoms with Crippen LogP contribution in [0.25, 0.3) is 0 Å². The van der Waals surface area contributed by atoms with Crippen LogP contribution in [0, 0.1) is 5.92 Å². The summed E-state index contributed by atoms with van der Waals surface area (Å²) < 4.78 is 5.36. The van der Waals surface area contributed by atoms with Gasteiger partial charge in [-0.2, -0.15) is 0 Å². The van der Waals surface area contributed by atoms with E-state index in [1.165, 1.54) is 0 Å². The molecule has 0 radical (unpaired) electrons. The van der Waals surface area contributed by atoms with E-state index >= 15 is 0 Å². The average molecular weight is 208 g/mol. The summed E-state index contributed by atoms with van der Waals surface area (Å²) in [4.78, 5) is 0. The third-order valence-electron chi connectivity index (χ3n) is 2.56. The van der Waals surface area contributed by atoms with Gasteiger partial charge in [-0.05, 0) is 37.1 Å². The summed E-state index contributed by atoms with van der Waals surface area (Å²) in [6.07, 6.45) is 0. The molecule has 0 aromatic heterocycles. The van der Waals surface area contributed by atoms with Crippen molar-refractivity contribution < 1.29 is 4.74 Å². The van der Waals surface area contributed by atoms with Gasteiger partial charge in [-0.25, -0.2) is 0 Å². The first-order valence-electron chi connectivity index (χ1n) is 5.37. The summed E-state index contributed by atoms with van der Waals surface area (Å²) in [5.74, 6) is 1.18. The summed E-state index contributed by atoms with van der Waals surface area (Å²) in [6, 6.07) is 7.90. The van der Waals surface area contributed by atoms with Crippen molar-refractivity contribution in [3.8, 4) is 5.75 Å². The van der Waals surface area contributed by atoms with Crippen LogP contribution in [0.2, 0.25) is 0 Å². The lowest BCUT2D eigenvalue weighted by atomic mass is 9.95. The van der Waals surface area contributed by atoms with Crippen LogP contribution in [0.1, 0.15) is 25.5 Å². The normalized spacial score (nSPS) is 14.7.